The molecule has 0 aliphatic carbocycles. The summed E-state index contributed by atoms with van der Waals surface area (Å²) in [5, 5.41) is 4.64. The van der Waals surface area contributed by atoms with Gasteiger partial charge in [0.1, 0.15) is 0 Å². The van der Waals surface area contributed by atoms with Crippen LogP contribution in [0.2, 0.25) is 0 Å². The van der Waals surface area contributed by atoms with Crippen LogP contribution in [0.3, 0.4) is 0 Å². The number of anilines is 3. The Kier molecular flexibility index (Phi) is 6.78. The van der Waals surface area contributed by atoms with E-state index in [1.54, 1.807) is 6.20 Å². The van der Waals surface area contributed by atoms with Crippen molar-refractivity contribution in [1.82, 2.24) is 9.55 Å². The van der Waals surface area contributed by atoms with Crippen molar-refractivity contribution < 1.29 is 4.42 Å². The lowest BCUT2D eigenvalue weighted by Gasteiger charge is -2.26. The highest BCUT2D eigenvalue weighted by Crippen LogP contribution is 2.43. The van der Waals surface area contributed by atoms with Crippen molar-refractivity contribution in [2.45, 2.75) is 0 Å². The van der Waals surface area contributed by atoms with Crippen molar-refractivity contribution >= 4 is 60.8 Å². The Morgan fingerprint density at radius 1 is 0.451 bits per heavy atom. The molecule has 0 amide bonds. The smallest absolute Gasteiger partial charge is 0.159 e. The van der Waals surface area contributed by atoms with Crippen LogP contribution in [0.15, 0.2) is 193 Å². The monoisotopic (exact) mass is 653 g/mol. The quantitative estimate of drug-likeness (QED) is 0.179. The highest BCUT2D eigenvalue weighted by atomic mass is 16.3. The molecule has 3 aromatic heterocycles. The lowest BCUT2D eigenvalue weighted by atomic mass is 10.0. The number of furan rings is 1. The Morgan fingerprint density at radius 3 is 1.86 bits per heavy atom. The molecule has 4 nitrogen and oxygen atoms in total. The van der Waals surface area contributed by atoms with E-state index in [0.29, 0.717) is 0 Å². The number of pyridine rings is 1. The first-order valence-electron chi connectivity index (χ1n) is 17.2. The molecule has 240 valence electrons. The maximum absolute atomic E-state index is 6.52. The summed E-state index contributed by atoms with van der Waals surface area (Å²) in [6.07, 6.45) is 3.61. The van der Waals surface area contributed by atoms with Crippen LogP contribution in [0.4, 0.5) is 17.1 Å². The van der Waals surface area contributed by atoms with E-state index in [2.05, 4.69) is 184 Å². The van der Waals surface area contributed by atoms with E-state index in [4.69, 9.17) is 4.42 Å². The molecule has 0 saturated heterocycles. The molecule has 7 aromatic carbocycles. The molecule has 10 aromatic rings. The fourth-order valence-corrected chi connectivity index (χ4v) is 7.52. The van der Waals surface area contributed by atoms with E-state index < -0.39 is 0 Å². The summed E-state index contributed by atoms with van der Waals surface area (Å²) in [6, 6.07) is 62.6. The van der Waals surface area contributed by atoms with Crippen LogP contribution in [0, 0.1) is 0 Å². The van der Waals surface area contributed by atoms with Crippen molar-refractivity contribution in [3.63, 3.8) is 0 Å². The van der Waals surface area contributed by atoms with Gasteiger partial charge in [0.2, 0.25) is 0 Å². The maximum Gasteiger partial charge on any atom is 0.159 e. The fraction of sp³-hybridized carbons (Fsp3) is 0. The highest BCUT2D eigenvalue weighted by molar-refractivity contribution is 6.11. The topological polar surface area (TPSA) is 34.2 Å². The average Bonchev–Trinajstić information content (AvgIpc) is 3.75. The predicted octanol–water partition coefficient (Wildman–Crippen LogP) is 12.9. The number of hydrogen-bond acceptors (Lipinski definition) is 3. The van der Waals surface area contributed by atoms with Gasteiger partial charge in [0.15, 0.2) is 11.2 Å². The largest absolute Gasteiger partial charge is 0.452 e. The first-order chi connectivity index (χ1) is 25.3. The maximum atomic E-state index is 6.52. The van der Waals surface area contributed by atoms with Crippen molar-refractivity contribution in [1.29, 1.82) is 0 Å². The first-order valence-corrected chi connectivity index (χ1v) is 17.2. The van der Waals surface area contributed by atoms with E-state index in [-0.39, 0.29) is 0 Å². The molecule has 0 radical (unpaired) electrons. The molecule has 0 atom stereocenters. The Hall–Kier alpha value is -6.91. The van der Waals surface area contributed by atoms with Crippen molar-refractivity contribution in [2.75, 3.05) is 4.90 Å². The number of fused-ring (bicyclic) bond motifs is 6. The second-order valence-electron chi connectivity index (χ2n) is 12.8. The predicted molar refractivity (Wildman–Crippen MR) is 211 cm³/mol. The van der Waals surface area contributed by atoms with Gasteiger partial charge in [0, 0.05) is 44.8 Å². The minimum Gasteiger partial charge on any atom is -0.452 e. The van der Waals surface area contributed by atoms with Gasteiger partial charge in [0.25, 0.3) is 0 Å². The summed E-state index contributed by atoms with van der Waals surface area (Å²) in [7, 11) is 0. The molecule has 0 spiro atoms. The van der Waals surface area contributed by atoms with Crippen LogP contribution < -0.4 is 4.90 Å². The molecular formula is C47H31N3O. The molecule has 0 bridgehead atoms. The van der Waals surface area contributed by atoms with Gasteiger partial charge in [-0.05, 0) is 82.9 Å². The Balaban J connectivity index is 1.10. The van der Waals surface area contributed by atoms with Crippen LogP contribution >= 0.6 is 0 Å². The van der Waals surface area contributed by atoms with Gasteiger partial charge in [-0.25, -0.2) is 0 Å². The molecule has 51 heavy (non-hydrogen) atoms. The molecule has 0 unspecified atom stereocenters. The standard InChI is InChI=1S/C47H31N3O/c1-2-11-32(12-3-1)34-13-8-15-37(29-34)49(45-22-10-19-42-41-27-28-48-31-46(41)51-47(42)45)36-25-23-33(24-26-36)35-14-9-16-38(30-35)50-43-20-6-4-17-39(43)40-18-5-7-21-44(40)50/h1-31H. The highest BCUT2D eigenvalue weighted by Gasteiger charge is 2.20. The van der Waals surface area contributed by atoms with Gasteiger partial charge in [-0.3, -0.25) is 4.98 Å². The van der Waals surface area contributed by atoms with Gasteiger partial charge in [0.05, 0.1) is 22.9 Å². The van der Waals surface area contributed by atoms with Crippen LogP contribution in [-0.2, 0) is 0 Å². The summed E-state index contributed by atoms with van der Waals surface area (Å²) in [4.78, 5) is 6.62. The molecule has 0 N–H and O–H groups in total. The molecule has 3 heterocycles. The van der Waals surface area contributed by atoms with Gasteiger partial charge >= 0.3 is 0 Å². The molecule has 0 fully saturated rings. The Bertz CT molecular complexity index is 2810. The molecule has 4 heteroatoms. The van der Waals surface area contributed by atoms with Crippen molar-refractivity contribution in [3.8, 4) is 27.9 Å². The Morgan fingerprint density at radius 2 is 1.08 bits per heavy atom. The molecule has 10 rings (SSSR count). The van der Waals surface area contributed by atoms with Crippen molar-refractivity contribution in [2.24, 2.45) is 0 Å². The lowest BCUT2D eigenvalue weighted by Crippen LogP contribution is -2.10. The third-order valence-corrected chi connectivity index (χ3v) is 9.88. The van der Waals surface area contributed by atoms with E-state index in [1.165, 1.54) is 27.4 Å². The van der Waals surface area contributed by atoms with Crippen LogP contribution in [0.5, 0.6) is 0 Å². The van der Waals surface area contributed by atoms with Gasteiger partial charge in [-0.1, -0.05) is 115 Å². The third-order valence-electron chi connectivity index (χ3n) is 9.88. The minimum absolute atomic E-state index is 0.774. The van der Waals surface area contributed by atoms with E-state index >= 15 is 0 Å². The summed E-state index contributed by atoms with van der Waals surface area (Å²) in [5.74, 6) is 0. The van der Waals surface area contributed by atoms with Crippen LogP contribution in [0.1, 0.15) is 0 Å². The number of nitrogens with zero attached hydrogens (tertiary/aromatic N) is 3. The zero-order chi connectivity index (χ0) is 33.7. The second kappa shape index (κ2) is 11.9. The summed E-state index contributed by atoms with van der Waals surface area (Å²) < 4.78 is 8.89. The summed E-state index contributed by atoms with van der Waals surface area (Å²) in [5.41, 5.74) is 12.8. The SMILES string of the molecule is c1ccc(-c2cccc(N(c3ccc(-c4cccc(-n5c6ccccc6c6ccccc65)c4)cc3)c3cccc4c3oc3cnccc34)c2)cc1. The van der Waals surface area contributed by atoms with E-state index in [9.17, 15) is 0 Å². The molecule has 0 aliphatic rings. The van der Waals surface area contributed by atoms with E-state index in [0.717, 1.165) is 61.4 Å². The zero-order valence-corrected chi connectivity index (χ0v) is 27.6. The Labute approximate surface area is 295 Å². The second-order valence-corrected chi connectivity index (χ2v) is 12.8. The first kappa shape index (κ1) is 29.0. The fourth-order valence-electron chi connectivity index (χ4n) is 7.52. The van der Waals surface area contributed by atoms with Gasteiger partial charge < -0.3 is 13.9 Å². The molecule has 0 aliphatic heterocycles. The van der Waals surface area contributed by atoms with Crippen LogP contribution in [0.25, 0.3) is 71.7 Å². The van der Waals surface area contributed by atoms with Gasteiger partial charge in [-0.15, -0.1) is 0 Å². The zero-order valence-electron chi connectivity index (χ0n) is 27.6. The summed E-state index contributed by atoms with van der Waals surface area (Å²) >= 11 is 0. The summed E-state index contributed by atoms with van der Waals surface area (Å²) in [6.45, 7) is 0. The molecular weight excluding hydrogens is 623 g/mol. The van der Waals surface area contributed by atoms with Gasteiger partial charge in [-0.2, -0.15) is 0 Å². The van der Waals surface area contributed by atoms with Crippen molar-refractivity contribution in [3.05, 3.63) is 188 Å². The molecule has 0 saturated carbocycles. The average molecular weight is 654 g/mol. The lowest BCUT2D eigenvalue weighted by molar-refractivity contribution is 0.667. The van der Waals surface area contributed by atoms with E-state index in [1.807, 2.05) is 12.3 Å². The number of para-hydroxylation sites is 3. The normalized spacial score (nSPS) is 11.5. The minimum atomic E-state index is 0.774. The number of benzene rings is 7. The number of rotatable bonds is 6. The third kappa shape index (κ3) is 4.88. The van der Waals surface area contributed by atoms with Crippen LogP contribution in [-0.4, -0.2) is 9.55 Å². The number of aromatic nitrogens is 2. The number of hydrogen-bond donors (Lipinski definition) is 0.